The quantitative estimate of drug-likeness (QED) is 0.180. The molecule has 3 N–H and O–H groups in total. The second-order valence-corrected chi connectivity index (χ2v) is 15.8. The second kappa shape index (κ2) is 20.9. The van der Waals surface area contributed by atoms with Crippen molar-refractivity contribution in [3.8, 4) is 0 Å². The summed E-state index contributed by atoms with van der Waals surface area (Å²) in [6, 6.07) is 6.90. The number of esters is 1. The van der Waals surface area contributed by atoms with E-state index in [1.165, 1.54) is 14.2 Å². The van der Waals surface area contributed by atoms with Crippen molar-refractivity contribution in [2.75, 3.05) is 41.5 Å². The minimum absolute atomic E-state index is 0.0127. The Hall–Kier alpha value is -3.55. The number of likely N-dealkylation sites (N-methyl/N-ethyl adjacent to an activating group) is 1. The number of rotatable bonds is 19. The van der Waals surface area contributed by atoms with Crippen molar-refractivity contribution in [3.05, 3.63) is 35.9 Å². The molecule has 13 nitrogen and oxygen atoms in total. The highest BCUT2D eigenvalue weighted by Crippen LogP contribution is 2.30. The molecular formula is C41H67N5O8. The van der Waals surface area contributed by atoms with Crippen molar-refractivity contribution in [1.82, 2.24) is 25.8 Å². The topological polar surface area (TPSA) is 156 Å². The van der Waals surface area contributed by atoms with Gasteiger partial charge >= 0.3 is 5.97 Å². The Balaban J connectivity index is 1.77. The maximum absolute atomic E-state index is 14.2. The van der Waals surface area contributed by atoms with Crippen LogP contribution < -0.4 is 16.0 Å². The number of methoxy groups -OCH3 is 3. The van der Waals surface area contributed by atoms with Gasteiger partial charge in [0.1, 0.15) is 12.1 Å². The van der Waals surface area contributed by atoms with Gasteiger partial charge in [-0.15, -0.1) is 0 Å². The van der Waals surface area contributed by atoms with Crippen LogP contribution in [0.2, 0.25) is 0 Å². The molecule has 0 bridgehead atoms. The van der Waals surface area contributed by atoms with Crippen molar-refractivity contribution >= 4 is 29.6 Å². The lowest BCUT2D eigenvalue weighted by molar-refractivity contribution is -0.149. The van der Waals surface area contributed by atoms with Gasteiger partial charge < -0.3 is 40.0 Å². The molecule has 9 atom stereocenters. The minimum atomic E-state index is -0.888. The molecule has 304 valence electrons. The normalized spacial score (nSPS) is 22.6. The first-order valence-electron chi connectivity index (χ1n) is 19.7. The Morgan fingerprint density at radius 3 is 2.22 bits per heavy atom. The van der Waals surface area contributed by atoms with Crippen molar-refractivity contribution in [1.29, 1.82) is 0 Å². The first kappa shape index (κ1) is 44.8. The van der Waals surface area contributed by atoms with E-state index in [0.717, 1.165) is 37.8 Å². The van der Waals surface area contributed by atoms with Gasteiger partial charge in [-0.1, -0.05) is 71.4 Å². The average Bonchev–Trinajstić information content (AvgIpc) is 3.65. The Morgan fingerprint density at radius 1 is 0.981 bits per heavy atom. The first-order chi connectivity index (χ1) is 25.6. The summed E-state index contributed by atoms with van der Waals surface area (Å²) in [5.41, 5.74) is 0.139. The Kier molecular flexibility index (Phi) is 17.4. The highest BCUT2D eigenvalue weighted by molar-refractivity contribution is 5.92. The molecule has 0 aromatic heterocycles. The maximum atomic E-state index is 14.2. The third-order valence-electron chi connectivity index (χ3n) is 11.7. The van der Waals surface area contributed by atoms with E-state index >= 15 is 0 Å². The van der Waals surface area contributed by atoms with Crippen LogP contribution in [-0.4, -0.2) is 123 Å². The van der Waals surface area contributed by atoms with Crippen molar-refractivity contribution in [2.24, 2.45) is 17.8 Å². The number of hydrogen-bond donors (Lipinski definition) is 3. The number of nitrogens with one attached hydrogen (secondary N) is 3. The van der Waals surface area contributed by atoms with Crippen molar-refractivity contribution < 1.29 is 38.2 Å². The van der Waals surface area contributed by atoms with E-state index in [-0.39, 0.29) is 54.3 Å². The summed E-state index contributed by atoms with van der Waals surface area (Å²) in [6.07, 6.45) is 3.76. The van der Waals surface area contributed by atoms with Crippen LogP contribution in [0.15, 0.2) is 30.3 Å². The fourth-order valence-corrected chi connectivity index (χ4v) is 8.08. The summed E-state index contributed by atoms with van der Waals surface area (Å²) in [6.45, 7) is 12.8. The fourth-order valence-electron chi connectivity index (χ4n) is 8.08. The molecule has 2 aliphatic rings. The number of carbonyl (C=O) groups excluding carboxylic acids is 5. The molecule has 0 radical (unpaired) electrons. The minimum Gasteiger partial charge on any atom is -0.467 e. The summed E-state index contributed by atoms with van der Waals surface area (Å²) in [5, 5.41) is 9.26. The van der Waals surface area contributed by atoms with Gasteiger partial charge in [0.05, 0.1) is 49.3 Å². The van der Waals surface area contributed by atoms with E-state index in [1.807, 2.05) is 65.0 Å². The van der Waals surface area contributed by atoms with Crippen molar-refractivity contribution in [3.63, 3.8) is 0 Å². The van der Waals surface area contributed by atoms with Gasteiger partial charge in [-0.2, -0.15) is 0 Å². The van der Waals surface area contributed by atoms with Gasteiger partial charge in [-0.05, 0) is 63.0 Å². The van der Waals surface area contributed by atoms with Crippen LogP contribution in [0.4, 0.5) is 0 Å². The third kappa shape index (κ3) is 11.3. The fraction of sp³-hybridized carbons (Fsp3) is 0.732. The molecule has 2 heterocycles. The molecule has 0 spiro atoms. The number of likely N-dealkylation sites (tertiary alicyclic amines) is 1. The number of benzene rings is 1. The van der Waals surface area contributed by atoms with E-state index in [0.29, 0.717) is 19.4 Å². The van der Waals surface area contributed by atoms with Gasteiger partial charge in [-0.25, -0.2) is 4.79 Å². The molecule has 2 saturated heterocycles. The van der Waals surface area contributed by atoms with Crippen LogP contribution in [0.1, 0.15) is 92.1 Å². The number of nitrogens with zero attached hydrogens (tertiary/aromatic N) is 2. The van der Waals surface area contributed by atoms with Gasteiger partial charge in [0.2, 0.25) is 23.6 Å². The Labute approximate surface area is 323 Å². The van der Waals surface area contributed by atoms with Crippen molar-refractivity contribution in [2.45, 2.75) is 135 Å². The number of amides is 4. The van der Waals surface area contributed by atoms with E-state index in [2.05, 4.69) is 16.0 Å². The molecule has 0 saturated carbocycles. The smallest absolute Gasteiger partial charge is 0.328 e. The molecule has 13 heteroatoms. The molecule has 54 heavy (non-hydrogen) atoms. The lowest BCUT2D eigenvalue weighted by Gasteiger charge is -2.41. The first-order valence-corrected chi connectivity index (χ1v) is 19.7. The molecule has 2 aliphatic heterocycles. The number of hydrogen-bond acceptors (Lipinski definition) is 9. The van der Waals surface area contributed by atoms with E-state index in [1.54, 1.807) is 30.9 Å². The van der Waals surface area contributed by atoms with Crippen LogP contribution in [-0.2, 0) is 44.6 Å². The highest BCUT2D eigenvalue weighted by Gasteiger charge is 2.44. The predicted octanol–water partition coefficient (Wildman–Crippen LogP) is 3.48. The summed E-state index contributed by atoms with van der Waals surface area (Å²) in [4.78, 5) is 71.7. The maximum Gasteiger partial charge on any atom is 0.328 e. The number of carbonyl (C=O) groups is 5. The number of ether oxygens (including phenoxy) is 3. The molecule has 1 aromatic carbocycles. The van der Waals surface area contributed by atoms with Crippen LogP contribution in [0.25, 0.3) is 0 Å². The molecule has 4 amide bonds. The van der Waals surface area contributed by atoms with E-state index < -0.39 is 47.8 Å². The zero-order valence-electron chi connectivity index (χ0n) is 34.3. The molecule has 3 rings (SSSR count). The molecule has 1 aromatic rings. The van der Waals surface area contributed by atoms with E-state index in [9.17, 15) is 24.0 Å². The van der Waals surface area contributed by atoms with Crippen LogP contribution >= 0.6 is 0 Å². The summed E-state index contributed by atoms with van der Waals surface area (Å²) >= 11 is 0. The van der Waals surface area contributed by atoms with Gasteiger partial charge in [0, 0.05) is 34.2 Å². The van der Waals surface area contributed by atoms with Gasteiger partial charge in [0.15, 0.2) is 0 Å². The molecule has 0 aliphatic carbocycles. The predicted molar refractivity (Wildman–Crippen MR) is 207 cm³/mol. The Bertz CT molecular complexity index is 1390. The lowest BCUT2D eigenvalue weighted by Crippen LogP contribution is -2.63. The second-order valence-electron chi connectivity index (χ2n) is 15.8. The summed E-state index contributed by atoms with van der Waals surface area (Å²) in [7, 11) is 6.11. The largest absolute Gasteiger partial charge is 0.467 e. The van der Waals surface area contributed by atoms with Gasteiger partial charge in [-0.3, -0.25) is 19.2 Å². The summed E-state index contributed by atoms with van der Waals surface area (Å²) in [5.74, 6) is -2.39. The molecule has 0 unspecified atom stereocenters. The zero-order chi connectivity index (χ0) is 40.2. The number of piperidine rings is 1. The SMILES string of the molecule is CC[C@H](C)[C@@H]([C@@H](CC(=O)N1CCC[C@H]1[C@H](OC)[C@@H](C)C(=O)N[C@@H](Cc1ccccc1)C(=O)OC)OC)N(C)C(=O)[C@@H](NC(=O)[C@]1(C)CCCCN1)C(C)C. The molecule has 2 fully saturated rings. The lowest BCUT2D eigenvalue weighted by atomic mass is 9.88. The third-order valence-corrected chi connectivity index (χ3v) is 11.7. The van der Waals surface area contributed by atoms with Gasteiger partial charge in [0.25, 0.3) is 0 Å². The van der Waals surface area contributed by atoms with Crippen LogP contribution in [0.5, 0.6) is 0 Å². The van der Waals surface area contributed by atoms with E-state index in [4.69, 9.17) is 14.2 Å². The summed E-state index contributed by atoms with van der Waals surface area (Å²) < 4.78 is 16.9. The molecular weight excluding hydrogens is 690 g/mol. The Morgan fingerprint density at radius 2 is 1.67 bits per heavy atom. The van der Waals surface area contributed by atoms with Crippen LogP contribution in [0.3, 0.4) is 0 Å². The standard InChI is InChI=1S/C41H67N5O8/c1-11-27(4)35(45(7)38(49)34(26(2)3)44-40(51)41(6)21-15-16-22-42-41)32(52-8)25-33(47)46-23-17-20-31(46)36(53-9)28(5)37(48)43-30(39(50)54-10)24-29-18-13-12-14-19-29/h12-14,18-19,26-28,30-32,34-36,42H,11,15-17,20-25H2,1-10H3,(H,43,48)(H,44,51)/t27-,28+,30-,31-,32+,34-,35-,36+,41-/m0/s1. The average molecular weight is 758 g/mol. The highest BCUT2D eigenvalue weighted by atomic mass is 16.5. The zero-order valence-corrected chi connectivity index (χ0v) is 34.3. The van der Waals surface area contributed by atoms with Crippen LogP contribution in [0, 0.1) is 17.8 Å². The monoisotopic (exact) mass is 757 g/mol.